The molecule has 0 aliphatic heterocycles. The van der Waals surface area contributed by atoms with Crippen molar-refractivity contribution in [3.63, 3.8) is 0 Å². The maximum Gasteiger partial charge on any atom is 0.323 e. The largest absolute Gasteiger partial charge is 0.465 e. The summed E-state index contributed by atoms with van der Waals surface area (Å²) in [7, 11) is 0. The minimum absolute atomic E-state index is 0.144. The molecule has 1 atom stereocenters. The first kappa shape index (κ1) is 13.5. The van der Waals surface area contributed by atoms with E-state index < -0.39 is 0 Å². The Balaban J connectivity index is 2.22. The lowest BCUT2D eigenvalue weighted by atomic mass is 10.2. The first-order chi connectivity index (χ1) is 7.77. The van der Waals surface area contributed by atoms with E-state index in [2.05, 4.69) is 12.2 Å². The van der Waals surface area contributed by atoms with Gasteiger partial charge in [0.05, 0.1) is 6.61 Å². The standard InChI is InChI=1S/C12H23NO3/c1-3-8-15-9-7-11(12(14)16-4-2)13-10-5-6-10/h10-11,13H,3-9H2,1-2H3. The zero-order chi connectivity index (χ0) is 11.8. The average molecular weight is 229 g/mol. The quantitative estimate of drug-likeness (QED) is 0.480. The molecule has 1 rings (SSSR count). The molecular formula is C12H23NO3. The van der Waals surface area contributed by atoms with Crippen molar-refractivity contribution >= 4 is 5.97 Å². The fourth-order valence-corrected chi connectivity index (χ4v) is 1.49. The van der Waals surface area contributed by atoms with Crippen molar-refractivity contribution in [2.45, 2.75) is 51.6 Å². The van der Waals surface area contributed by atoms with Gasteiger partial charge in [-0.05, 0) is 32.6 Å². The highest BCUT2D eigenvalue weighted by molar-refractivity contribution is 5.75. The van der Waals surface area contributed by atoms with Gasteiger partial charge in [0.1, 0.15) is 6.04 Å². The van der Waals surface area contributed by atoms with Gasteiger partial charge < -0.3 is 14.8 Å². The van der Waals surface area contributed by atoms with Gasteiger partial charge in [0.25, 0.3) is 0 Å². The summed E-state index contributed by atoms with van der Waals surface area (Å²) in [4.78, 5) is 11.6. The van der Waals surface area contributed by atoms with Gasteiger partial charge in [0, 0.05) is 19.3 Å². The predicted molar refractivity (Wildman–Crippen MR) is 62.3 cm³/mol. The minimum Gasteiger partial charge on any atom is -0.465 e. The van der Waals surface area contributed by atoms with E-state index in [4.69, 9.17) is 9.47 Å². The molecule has 1 aliphatic rings. The highest BCUT2D eigenvalue weighted by Crippen LogP contribution is 2.20. The number of esters is 1. The van der Waals surface area contributed by atoms with E-state index in [1.807, 2.05) is 6.92 Å². The molecule has 0 spiro atoms. The van der Waals surface area contributed by atoms with E-state index in [1.165, 1.54) is 12.8 Å². The third-order valence-corrected chi connectivity index (χ3v) is 2.48. The topological polar surface area (TPSA) is 47.6 Å². The van der Waals surface area contributed by atoms with Crippen molar-refractivity contribution in [3.8, 4) is 0 Å². The van der Waals surface area contributed by atoms with E-state index in [0.29, 0.717) is 25.7 Å². The summed E-state index contributed by atoms with van der Waals surface area (Å²) < 4.78 is 10.4. The van der Waals surface area contributed by atoms with E-state index in [1.54, 1.807) is 0 Å². The molecule has 1 saturated carbocycles. The van der Waals surface area contributed by atoms with E-state index in [0.717, 1.165) is 13.0 Å². The Hall–Kier alpha value is -0.610. The van der Waals surface area contributed by atoms with Gasteiger partial charge in [-0.15, -0.1) is 0 Å². The van der Waals surface area contributed by atoms with Crippen molar-refractivity contribution in [2.24, 2.45) is 0 Å². The normalized spacial score (nSPS) is 17.1. The van der Waals surface area contributed by atoms with Gasteiger partial charge in [-0.1, -0.05) is 6.92 Å². The van der Waals surface area contributed by atoms with Crippen LogP contribution in [0.25, 0.3) is 0 Å². The Morgan fingerprint density at radius 3 is 2.69 bits per heavy atom. The number of nitrogens with one attached hydrogen (secondary N) is 1. The van der Waals surface area contributed by atoms with Crippen LogP contribution in [0.5, 0.6) is 0 Å². The predicted octanol–water partition coefficient (Wildman–Crippen LogP) is 1.49. The maximum absolute atomic E-state index is 11.6. The van der Waals surface area contributed by atoms with Gasteiger partial charge in [0.15, 0.2) is 0 Å². The van der Waals surface area contributed by atoms with Crippen LogP contribution in [0.1, 0.15) is 39.5 Å². The number of carbonyl (C=O) groups excluding carboxylic acids is 1. The fourth-order valence-electron chi connectivity index (χ4n) is 1.49. The molecule has 0 heterocycles. The number of hydrogen-bond donors (Lipinski definition) is 1. The summed E-state index contributed by atoms with van der Waals surface area (Å²) in [6, 6.07) is 0.324. The van der Waals surface area contributed by atoms with E-state index in [-0.39, 0.29) is 12.0 Å². The van der Waals surface area contributed by atoms with Crippen molar-refractivity contribution in [1.82, 2.24) is 5.32 Å². The molecule has 94 valence electrons. The summed E-state index contributed by atoms with van der Waals surface area (Å²) >= 11 is 0. The van der Waals surface area contributed by atoms with Crippen molar-refractivity contribution in [2.75, 3.05) is 19.8 Å². The van der Waals surface area contributed by atoms with Crippen molar-refractivity contribution in [1.29, 1.82) is 0 Å². The lowest BCUT2D eigenvalue weighted by molar-refractivity contribution is -0.146. The Kier molecular flexibility index (Phi) is 6.42. The van der Waals surface area contributed by atoms with Crippen LogP contribution in [0, 0.1) is 0 Å². The lowest BCUT2D eigenvalue weighted by Gasteiger charge is -2.16. The van der Waals surface area contributed by atoms with Crippen LogP contribution in [0.3, 0.4) is 0 Å². The van der Waals surface area contributed by atoms with Gasteiger partial charge >= 0.3 is 5.97 Å². The van der Waals surface area contributed by atoms with Crippen molar-refractivity contribution in [3.05, 3.63) is 0 Å². The average Bonchev–Trinajstić information content (AvgIpc) is 3.07. The molecule has 0 bridgehead atoms. The molecular weight excluding hydrogens is 206 g/mol. The molecule has 0 aromatic rings. The van der Waals surface area contributed by atoms with E-state index in [9.17, 15) is 4.79 Å². The molecule has 0 amide bonds. The first-order valence-corrected chi connectivity index (χ1v) is 6.28. The SMILES string of the molecule is CCCOCCC(NC1CC1)C(=O)OCC. The van der Waals surface area contributed by atoms with Crippen LogP contribution < -0.4 is 5.32 Å². The molecule has 0 aromatic heterocycles. The molecule has 1 unspecified atom stereocenters. The number of carbonyl (C=O) groups is 1. The monoisotopic (exact) mass is 229 g/mol. The van der Waals surface area contributed by atoms with Crippen LogP contribution in [0.2, 0.25) is 0 Å². The molecule has 4 nitrogen and oxygen atoms in total. The Labute approximate surface area is 97.7 Å². The number of ether oxygens (including phenoxy) is 2. The fraction of sp³-hybridized carbons (Fsp3) is 0.917. The molecule has 1 N–H and O–H groups in total. The Morgan fingerprint density at radius 1 is 1.38 bits per heavy atom. The first-order valence-electron chi connectivity index (χ1n) is 6.28. The van der Waals surface area contributed by atoms with Gasteiger partial charge in [-0.25, -0.2) is 0 Å². The van der Waals surface area contributed by atoms with Gasteiger partial charge in [-0.2, -0.15) is 0 Å². The summed E-state index contributed by atoms with van der Waals surface area (Å²) in [6.45, 7) is 5.73. The molecule has 1 fully saturated rings. The maximum atomic E-state index is 11.6. The van der Waals surface area contributed by atoms with Crippen LogP contribution in [0.4, 0.5) is 0 Å². The van der Waals surface area contributed by atoms with Gasteiger partial charge in [0.2, 0.25) is 0 Å². The second kappa shape index (κ2) is 7.63. The third kappa shape index (κ3) is 5.47. The second-order valence-corrected chi connectivity index (χ2v) is 4.15. The van der Waals surface area contributed by atoms with E-state index >= 15 is 0 Å². The molecule has 0 saturated heterocycles. The highest BCUT2D eigenvalue weighted by atomic mass is 16.5. The smallest absolute Gasteiger partial charge is 0.323 e. The summed E-state index contributed by atoms with van der Waals surface area (Å²) in [5.74, 6) is -0.144. The van der Waals surface area contributed by atoms with Crippen molar-refractivity contribution < 1.29 is 14.3 Å². The summed E-state index contributed by atoms with van der Waals surface area (Å²) in [6.07, 6.45) is 4.06. The molecule has 4 heteroatoms. The van der Waals surface area contributed by atoms with Crippen LogP contribution in [-0.2, 0) is 14.3 Å². The number of rotatable bonds is 9. The number of hydrogen-bond acceptors (Lipinski definition) is 4. The van der Waals surface area contributed by atoms with Crippen LogP contribution >= 0.6 is 0 Å². The second-order valence-electron chi connectivity index (χ2n) is 4.15. The molecule has 0 radical (unpaired) electrons. The summed E-state index contributed by atoms with van der Waals surface area (Å²) in [5.41, 5.74) is 0. The molecule has 0 aromatic carbocycles. The molecule has 16 heavy (non-hydrogen) atoms. The Morgan fingerprint density at radius 2 is 2.12 bits per heavy atom. The zero-order valence-corrected chi connectivity index (χ0v) is 10.3. The van der Waals surface area contributed by atoms with Crippen LogP contribution in [-0.4, -0.2) is 37.9 Å². The minimum atomic E-state index is -0.190. The van der Waals surface area contributed by atoms with Crippen LogP contribution in [0.15, 0.2) is 0 Å². The molecule has 1 aliphatic carbocycles. The Bertz CT molecular complexity index is 204. The lowest BCUT2D eigenvalue weighted by Crippen LogP contribution is -2.40. The van der Waals surface area contributed by atoms with Gasteiger partial charge in [-0.3, -0.25) is 4.79 Å². The zero-order valence-electron chi connectivity index (χ0n) is 10.3. The summed E-state index contributed by atoms with van der Waals surface area (Å²) in [5, 5.41) is 3.30. The highest BCUT2D eigenvalue weighted by Gasteiger charge is 2.28. The third-order valence-electron chi connectivity index (χ3n) is 2.48.